The molecule has 0 spiro atoms. The molecule has 0 radical (unpaired) electrons. The van der Waals surface area contributed by atoms with Crippen molar-refractivity contribution in [2.24, 2.45) is 5.92 Å². The van der Waals surface area contributed by atoms with E-state index in [2.05, 4.69) is 48.0 Å². The summed E-state index contributed by atoms with van der Waals surface area (Å²) in [5, 5.41) is 0. The molecule has 1 aliphatic carbocycles. The van der Waals surface area contributed by atoms with E-state index in [1.807, 2.05) is 0 Å². The summed E-state index contributed by atoms with van der Waals surface area (Å²) in [5.41, 5.74) is 1.30. The van der Waals surface area contributed by atoms with Gasteiger partial charge in [-0.3, -0.25) is 0 Å². The number of hydrogen-bond donors (Lipinski definition) is 0. The third kappa shape index (κ3) is 3.48. The summed E-state index contributed by atoms with van der Waals surface area (Å²) in [6.45, 7) is 5.32. The predicted octanol–water partition coefficient (Wildman–Crippen LogP) is 5.14. The van der Waals surface area contributed by atoms with Crippen LogP contribution in [0, 0.1) is 5.92 Å². The molecule has 0 N–H and O–H groups in total. The highest BCUT2D eigenvalue weighted by molar-refractivity contribution is 9.10. The largest absolute Gasteiger partial charge is 0.493 e. The molecule has 2 rings (SSSR count). The zero-order valence-corrected chi connectivity index (χ0v) is 12.3. The summed E-state index contributed by atoms with van der Waals surface area (Å²) >= 11 is 3.53. The van der Waals surface area contributed by atoms with Crippen LogP contribution in [-0.4, -0.2) is 6.61 Å². The second kappa shape index (κ2) is 5.90. The number of benzene rings is 1. The van der Waals surface area contributed by atoms with E-state index in [-0.39, 0.29) is 0 Å². The average Bonchev–Trinajstić information content (AvgIpc) is 2.80. The third-order valence-corrected chi connectivity index (χ3v) is 4.04. The maximum Gasteiger partial charge on any atom is 0.122 e. The Bertz CT molecular complexity index is 367. The summed E-state index contributed by atoms with van der Waals surface area (Å²) in [5.74, 6) is 2.35. The summed E-state index contributed by atoms with van der Waals surface area (Å²) in [4.78, 5) is 0. The van der Waals surface area contributed by atoms with Crippen molar-refractivity contribution in [2.75, 3.05) is 6.61 Å². The maximum atomic E-state index is 6.02. The molecule has 1 aromatic rings. The minimum atomic E-state index is 0.506. The van der Waals surface area contributed by atoms with Crippen LogP contribution in [0.1, 0.15) is 51.0 Å². The molecule has 0 aromatic heterocycles. The molecule has 1 aromatic carbocycles. The van der Waals surface area contributed by atoms with Gasteiger partial charge in [-0.15, -0.1) is 0 Å². The summed E-state index contributed by atoms with van der Waals surface area (Å²) in [6, 6.07) is 6.33. The highest BCUT2D eigenvalue weighted by Gasteiger charge is 2.16. The van der Waals surface area contributed by atoms with Gasteiger partial charge in [-0.25, -0.2) is 0 Å². The first-order valence-electron chi connectivity index (χ1n) is 6.59. The Morgan fingerprint density at radius 3 is 2.65 bits per heavy atom. The Labute approximate surface area is 113 Å². The van der Waals surface area contributed by atoms with Crippen molar-refractivity contribution < 1.29 is 4.74 Å². The van der Waals surface area contributed by atoms with Crippen molar-refractivity contribution >= 4 is 15.9 Å². The molecule has 1 saturated carbocycles. The van der Waals surface area contributed by atoms with Crippen molar-refractivity contribution in [1.29, 1.82) is 0 Å². The number of halogens is 1. The normalized spacial score (nSPS) is 16.7. The van der Waals surface area contributed by atoms with Gasteiger partial charge in [0.1, 0.15) is 5.75 Å². The van der Waals surface area contributed by atoms with E-state index in [4.69, 9.17) is 4.74 Å². The lowest BCUT2D eigenvalue weighted by atomic mass is 10.0. The number of rotatable bonds is 4. The van der Waals surface area contributed by atoms with Crippen molar-refractivity contribution in [1.82, 2.24) is 0 Å². The summed E-state index contributed by atoms with van der Waals surface area (Å²) in [7, 11) is 0. The van der Waals surface area contributed by atoms with Crippen LogP contribution in [0.15, 0.2) is 22.7 Å². The van der Waals surface area contributed by atoms with Crippen LogP contribution in [0.5, 0.6) is 5.75 Å². The Morgan fingerprint density at radius 2 is 2.00 bits per heavy atom. The fourth-order valence-corrected chi connectivity index (χ4v) is 2.87. The molecule has 0 amide bonds. The Balaban J connectivity index is 2.03. The van der Waals surface area contributed by atoms with E-state index in [9.17, 15) is 0 Å². The Kier molecular flexibility index (Phi) is 4.49. The number of ether oxygens (including phenoxy) is 1. The molecule has 1 nitrogen and oxygen atoms in total. The van der Waals surface area contributed by atoms with Crippen LogP contribution >= 0.6 is 15.9 Å². The van der Waals surface area contributed by atoms with Gasteiger partial charge in [0.15, 0.2) is 0 Å². The maximum absolute atomic E-state index is 6.02. The minimum absolute atomic E-state index is 0.506. The number of hydrogen-bond acceptors (Lipinski definition) is 1. The first-order chi connectivity index (χ1) is 8.16. The molecule has 0 aliphatic heterocycles. The van der Waals surface area contributed by atoms with E-state index in [1.54, 1.807) is 0 Å². The molecule has 0 heterocycles. The van der Waals surface area contributed by atoms with Crippen LogP contribution < -0.4 is 4.74 Å². The van der Waals surface area contributed by atoms with E-state index in [1.165, 1.54) is 31.2 Å². The van der Waals surface area contributed by atoms with E-state index >= 15 is 0 Å². The third-order valence-electron chi connectivity index (χ3n) is 3.54. The molecule has 0 unspecified atom stereocenters. The highest BCUT2D eigenvalue weighted by atomic mass is 79.9. The average molecular weight is 297 g/mol. The fourth-order valence-electron chi connectivity index (χ4n) is 2.49. The molecular weight excluding hydrogens is 276 g/mol. The van der Waals surface area contributed by atoms with Gasteiger partial charge in [-0.2, -0.15) is 0 Å². The van der Waals surface area contributed by atoms with Gasteiger partial charge in [0, 0.05) is 4.47 Å². The molecule has 1 aliphatic rings. The van der Waals surface area contributed by atoms with Crippen LogP contribution in [0.3, 0.4) is 0 Å². The molecule has 94 valence electrons. The first-order valence-corrected chi connectivity index (χ1v) is 7.38. The molecule has 0 bridgehead atoms. The van der Waals surface area contributed by atoms with Crippen molar-refractivity contribution in [3.05, 3.63) is 28.2 Å². The standard InChI is InChI=1S/C15H21BrO/c1-11(2)14-9-13(16)7-8-15(14)17-10-12-5-3-4-6-12/h7-9,11-12H,3-6,10H2,1-2H3. The zero-order chi connectivity index (χ0) is 12.3. The van der Waals surface area contributed by atoms with E-state index in [0.29, 0.717) is 5.92 Å². The fraction of sp³-hybridized carbons (Fsp3) is 0.600. The SMILES string of the molecule is CC(C)c1cc(Br)ccc1OCC1CCCC1. The van der Waals surface area contributed by atoms with Crippen LogP contribution in [0.4, 0.5) is 0 Å². The summed E-state index contributed by atoms with van der Waals surface area (Å²) in [6.07, 6.45) is 5.44. The monoisotopic (exact) mass is 296 g/mol. The lowest BCUT2D eigenvalue weighted by Crippen LogP contribution is -2.09. The summed E-state index contributed by atoms with van der Waals surface area (Å²) < 4.78 is 7.15. The Hall–Kier alpha value is -0.500. The minimum Gasteiger partial charge on any atom is -0.493 e. The van der Waals surface area contributed by atoms with E-state index < -0.39 is 0 Å². The van der Waals surface area contributed by atoms with Gasteiger partial charge in [0.25, 0.3) is 0 Å². The van der Waals surface area contributed by atoms with Crippen molar-refractivity contribution in [3.8, 4) is 5.75 Å². The van der Waals surface area contributed by atoms with Crippen LogP contribution in [0.25, 0.3) is 0 Å². The Morgan fingerprint density at radius 1 is 1.29 bits per heavy atom. The second-order valence-corrected chi connectivity index (χ2v) is 6.21. The van der Waals surface area contributed by atoms with Gasteiger partial charge in [-0.1, -0.05) is 42.6 Å². The van der Waals surface area contributed by atoms with Crippen molar-refractivity contribution in [2.45, 2.75) is 45.4 Å². The predicted molar refractivity (Wildman–Crippen MR) is 75.7 cm³/mol. The molecule has 0 saturated heterocycles. The lowest BCUT2D eigenvalue weighted by Gasteiger charge is -2.17. The van der Waals surface area contributed by atoms with Gasteiger partial charge >= 0.3 is 0 Å². The van der Waals surface area contributed by atoms with Gasteiger partial charge in [-0.05, 0) is 48.4 Å². The topological polar surface area (TPSA) is 9.23 Å². The molecule has 2 heteroatoms. The van der Waals surface area contributed by atoms with Gasteiger partial charge in [0.2, 0.25) is 0 Å². The van der Waals surface area contributed by atoms with Gasteiger partial charge in [0.05, 0.1) is 6.61 Å². The first kappa shape index (κ1) is 12.9. The zero-order valence-electron chi connectivity index (χ0n) is 10.7. The lowest BCUT2D eigenvalue weighted by molar-refractivity contribution is 0.249. The van der Waals surface area contributed by atoms with E-state index in [0.717, 1.165) is 22.7 Å². The van der Waals surface area contributed by atoms with Gasteiger partial charge < -0.3 is 4.74 Å². The molecular formula is C15H21BrO. The second-order valence-electron chi connectivity index (χ2n) is 5.30. The highest BCUT2D eigenvalue weighted by Crippen LogP contribution is 2.31. The van der Waals surface area contributed by atoms with Crippen LogP contribution in [0.2, 0.25) is 0 Å². The smallest absolute Gasteiger partial charge is 0.122 e. The molecule has 17 heavy (non-hydrogen) atoms. The molecule has 0 atom stereocenters. The quantitative estimate of drug-likeness (QED) is 0.747. The molecule has 1 fully saturated rings. The van der Waals surface area contributed by atoms with Crippen molar-refractivity contribution in [3.63, 3.8) is 0 Å². The van der Waals surface area contributed by atoms with Crippen LogP contribution in [-0.2, 0) is 0 Å².